The third kappa shape index (κ3) is 2.79. The van der Waals surface area contributed by atoms with Gasteiger partial charge >= 0.3 is 0 Å². The zero-order chi connectivity index (χ0) is 14.7. The van der Waals surface area contributed by atoms with Crippen molar-refractivity contribution < 1.29 is 5.11 Å². The number of allylic oxidation sites excluding steroid dienone is 1. The Morgan fingerprint density at radius 1 is 0.952 bits per heavy atom. The number of hydrogen-bond donors (Lipinski definition) is 1. The first kappa shape index (κ1) is 14.1. The molecule has 108 valence electrons. The van der Waals surface area contributed by atoms with Crippen LogP contribution in [0.3, 0.4) is 0 Å². The van der Waals surface area contributed by atoms with Crippen molar-refractivity contribution in [1.29, 1.82) is 0 Å². The topological polar surface area (TPSA) is 20.2 Å². The smallest absolute Gasteiger partial charge is 0.0568 e. The maximum atomic E-state index is 10.3. The van der Waals surface area contributed by atoms with E-state index in [-0.39, 0.29) is 12.0 Å². The molecule has 1 N–H and O–H groups in total. The molecule has 1 atom stereocenters. The summed E-state index contributed by atoms with van der Waals surface area (Å²) in [6, 6.07) is 20.8. The van der Waals surface area contributed by atoms with Crippen LogP contribution >= 0.6 is 0 Å². The minimum absolute atomic E-state index is 0.139. The Kier molecular flexibility index (Phi) is 3.94. The van der Waals surface area contributed by atoms with E-state index >= 15 is 0 Å². The van der Waals surface area contributed by atoms with Crippen molar-refractivity contribution in [2.24, 2.45) is 5.92 Å². The highest BCUT2D eigenvalue weighted by Gasteiger charge is 2.36. The predicted molar refractivity (Wildman–Crippen MR) is 87.2 cm³/mol. The van der Waals surface area contributed by atoms with Crippen molar-refractivity contribution in [1.82, 2.24) is 0 Å². The molecule has 1 aliphatic rings. The average Bonchev–Trinajstić information content (AvgIpc) is 3.26. The van der Waals surface area contributed by atoms with Crippen LogP contribution in [-0.4, -0.2) is 11.7 Å². The molecule has 0 bridgehead atoms. The van der Waals surface area contributed by atoms with Gasteiger partial charge < -0.3 is 5.11 Å². The summed E-state index contributed by atoms with van der Waals surface area (Å²) in [7, 11) is 0. The second-order valence-electron chi connectivity index (χ2n) is 6.07. The maximum Gasteiger partial charge on any atom is 0.0568 e. The second-order valence-corrected chi connectivity index (χ2v) is 6.07. The molecule has 1 aliphatic carbocycles. The van der Waals surface area contributed by atoms with Gasteiger partial charge in [0, 0.05) is 5.41 Å². The van der Waals surface area contributed by atoms with Gasteiger partial charge in [0.15, 0.2) is 0 Å². The lowest BCUT2D eigenvalue weighted by atomic mass is 9.71. The Balaban J connectivity index is 1.97. The van der Waals surface area contributed by atoms with E-state index in [0.717, 1.165) is 19.3 Å². The fourth-order valence-electron chi connectivity index (χ4n) is 3.22. The van der Waals surface area contributed by atoms with E-state index in [1.165, 1.54) is 16.7 Å². The van der Waals surface area contributed by atoms with Gasteiger partial charge in [0.25, 0.3) is 0 Å². The van der Waals surface area contributed by atoms with Gasteiger partial charge in [0.05, 0.1) is 6.61 Å². The summed E-state index contributed by atoms with van der Waals surface area (Å²) in [5.74, 6) is 0.656. The van der Waals surface area contributed by atoms with Crippen LogP contribution in [0.4, 0.5) is 0 Å². The molecule has 0 aliphatic heterocycles. The van der Waals surface area contributed by atoms with Crippen LogP contribution in [0.15, 0.2) is 72.8 Å². The molecular formula is C20H22O. The lowest BCUT2D eigenvalue weighted by Crippen LogP contribution is -2.32. The van der Waals surface area contributed by atoms with E-state index in [9.17, 15) is 5.11 Å². The molecule has 0 amide bonds. The largest absolute Gasteiger partial charge is 0.395 e. The standard InChI is InChI=1S/C20H22O/c1-16-14-17(16)12-13-20(15-21,18-8-4-2-5-9-18)19-10-6-3-7-11-19/h2-11,17,21H,1,12-15H2. The summed E-state index contributed by atoms with van der Waals surface area (Å²) in [5, 5.41) is 10.3. The maximum absolute atomic E-state index is 10.3. The Labute approximate surface area is 127 Å². The molecule has 1 nitrogen and oxygen atoms in total. The number of benzene rings is 2. The van der Waals surface area contributed by atoms with Gasteiger partial charge in [-0.15, -0.1) is 0 Å². The fraction of sp³-hybridized carbons (Fsp3) is 0.300. The average molecular weight is 278 g/mol. The third-order valence-electron chi connectivity index (χ3n) is 4.77. The Morgan fingerprint density at radius 2 is 1.43 bits per heavy atom. The van der Waals surface area contributed by atoms with Crippen molar-refractivity contribution in [3.63, 3.8) is 0 Å². The quantitative estimate of drug-likeness (QED) is 0.780. The van der Waals surface area contributed by atoms with Crippen molar-refractivity contribution in [2.45, 2.75) is 24.7 Å². The van der Waals surface area contributed by atoms with Gasteiger partial charge in [-0.05, 0) is 36.3 Å². The van der Waals surface area contributed by atoms with Crippen LogP contribution in [0.1, 0.15) is 30.4 Å². The van der Waals surface area contributed by atoms with Crippen molar-refractivity contribution in [3.8, 4) is 0 Å². The normalized spacial score (nSPS) is 17.8. The summed E-state index contributed by atoms with van der Waals surface area (Å²) in [4.78, 5) is 0. The Morgan fingerprint density at radius 3 is 1.81 bits per heavy atom. The van der Waals surface area contributed by atoms with Crippen LogP contribution in [0.5, 0.6) is 0 Å². The SMILES string of the molecule is C=C1CC1CCC(CO)(c1ccccc1)c1ccccc1. The first-order valence-corrected chi connectivity index (χ1v) is 7.66. The third-order valence-corrected chi connectivity index (χ3v) is 4.77. The van der Waals surface area contributed by atoms with Crippen LogP contribution in [0.25, 0.3) is 0 Å². The van der Waals surface area contributed by atoms with Crippen LogP contribution in [-0.2, 0) is 5.41 Å². The minimum Gasteiger partial charge on any atom is -0.395 e. The van der Waals surface area contributed by atoms with Crippen molar-refractivity contribution in [3.05, 3.63) is 83.9 Å². The summed E-state index contributed by atoms with van der Waals surface area (Å²) < 4.78 is 0. The van der Waals surface area contributed by atoms with Crippen LogP contribution in [0, 0.1) is 5.92 Å². The Hall–Kier alpha value is -1.86. The Bertz CT molecular complexity index is 561. The first-order chi connectivity index (χ1) is 10.3. The molecule has 1 saturated carbocycles. The molecule has 2 aromatic carbocycles. The predicted octanol–water partition coefficient (Wildman–Crippen LogP) is 4.32. The lowest BCUT2D eigenvalue weighted by molar-refractivity contribution is 0.207. The lowest BCUT2D eigenvalue weighted by Gasteiger charge is -2.33. The molecule has 2 aromatic rings. The van der Waals surface area contributed by atoms with Crippen LogP contribution < -0.4 is 0 Å². The zero-order valence-electron chi connectivity index (χ0n) is 12.3. The zero-order valence-corrected chi connectivity index (χ0v) is 12.3. The fourth-order valence-corrected chi connectivity index (χ4v) is 3.22. The van der Waals surface area contributed by atoms with E-state index < -0.39 is 0 Å². The molecule has 0 aromatic heterocycles. The van der Waals surface area contributed by atoms with E-state index in [4.69, 9.17) is 0 Å². The minimum atomic E-state index is -0.300. The first-order valence-electron chi connectivity index (χ1n) is 7.66. The van der Waals surface area contributed by atoms with E-state index in [0.29, 0.717) is 5.92 Å². The number of aliphatic hydroxyl groups excluding tert-OH is 1. The van der Waals surface area contributed by atoms with Gasteiger partial charge in [0.2, 0.25) is 0 Å². The molecule has 0 heterocycles. The summed E-state index contributed by atoms with van der Waals surface area (Å²) in [5.41, 5.74) is 3.46. The van der Waals surface area contributed by atoms with Gasteiger partial charge in [-0.1, -0.05) is 72.8 Å². The highest BCUT2D eigenvalue weighted by Crippen LogP contribution is 2.44. The van der Waals surface area contributed by atoms with Gasteiger partial charge in [0.1, 0.15) is 0 Å². The second kappa shape index (κ2) is 5.87. The monoisotopic (exact) mass is 278 g/mol. The van der Waals surface area contributed by atoms with Gasteiger partial charge in [-0.3, -0.25) is 0 Å². The molecular weight excluding hydrogens is 256 g/mol. The number of aliphatic hydroxyl groups is 1. The summed E-state index contributed by atoms with van der Waals surface area (Å²) >= 11 is 0. The molecule has 21 heavy (non-hydrogen) atoms. The molecule has 1 unspecified atom stereocenters. The van der Waals surface area contributed by atoms with Crippen molar-refractivity contribution >= 4 is 0 Å². The molecule has 1 heteroatoms. The molecule has 1 fully saturated rings. The van der Waals surface area contributed by atoms with E-state index in [1.807, 2.05) is 12.1 Å². The van der Waals surface area contributed by atoms with Crippen LogP contribution in [0.2, 0.25) is 0 Å². The number of hydrogen-bond acceptors (Lipinski definition) is 1. The summed E-state index contributed by atoms with van der Waals surface area (Å²) in [6.45, 7) is 4.20. The van der Waals surface area contributed by atoms with E-state index in [2.05, 4.69) is 55.1 Å². The van der Waals surface area contributed by atoms with Gasteiger partial charge in [-0.25, -0.2) is 0 Å². The van der Waals surface area contributed by atoms with Gasteiger partial charge in [-0.2, -0.15) is 0 Å². The van der Waals surface area contributed by atoms with E-state index in [1.54, 1.807) is 0 Å². The highest BCUT2D eigenvalue weighted by atomic mass is 16.3. The molecule has 0 radical (unpaired) electrons. The molecule has 0 spiro atoms. The molecule has 0 saturated heterocycles. The van der Waals surface area contributed by atoms with Crippen molar-refractivity contribution in [2.75, 3.05) is 6.61 Å². The molecule has 3 rings (SSSR count). The highest BCUT2D eigenvalue weighted by molar-refractivity contribution is 5.39. The number of rotatable bonds is 6. The summed E-state index contributed by atoms with van der Waals surface area (Å²) in [6.07, 6.45) is 3.22.